The summed E-state index contributed by atoms with van der Waals surface area (Å²) in [4.78, 5) is 18.4. The van der Waals surface area contributed by atoms with Gasteiger partial charge in [-0.2, -0.15) is 0 Å². The number of primary amides is 1. The fraction of sp³-hybridized carbons (Fsp3) is 0.294. The Morgan fingerprint density at radius 2 is 2.07 bits per heavy atom. The van der Waals surface area contributed by atoms with Crippen LogP contribution in [0.5, 0.6) is 0 Å². The Labute approximate surface area is 161 Å². The van der Waals surface area contributed by atoms with Crippen LogP contribution < -0.4 is 10.6 Å². The molecular weight excluding hydrogens is 392 g/mol. The molecule has 1 amide bonds. The van der Waals surface area contributed by atoms with Crippen molar-refractivity contribution < 1.29 is 13.6 Å². The van der Waals surface area contributed by atoms with Crippen LogP contribution in [0.4, 0.5) is 13.9 Å². The molecule has 3 aromatic rings. The lowest BCUT2D eigenvalue weighted by Crippen LogP contribution is -2.55. The summed E-state index contributed by atoms with van der Waals surface area (Å²) in [6, 6.07) is 6.22. The molecule has 0 aliphatic heterocycles. The molecule has 1 aliphatic rings. The number of alkyl halides is 1. The number of carbonyl (C=O) groups is 1. The molecule has 1 saturated carbocycles. The number of hydrogen-bond acceptors (Lipinski definition) is 7. The zero-order chi connectivity index (χ0) is 19.2. The van der Waals surface area contributed by atoms with Crippen LogP contribution in [0.3, 0.4) is 0 Å². The zero-order valence-corrected chi connectivity index (χ0v) is 15.9. The molecule has 3 heterocycles. The van der Waals surface area contributed by atoms with E-state index in [0.29, 0.717) is 15.0 Å². The number of rotatable bonds is 5. The molecule has 0 radical (unpaired) electrons. The minimum Gasteiger partial charge on any atom is -0.365 e. The molecule has 0 spiro atoms. The predicted octanol–water partition coefficient (Wildman–Crippen LogP) is 3.36. The number of pyridine rings is 1. The third-order valence-corrected chi connectivity index (χ3v) is 6.99. The molecule has 0 unspecified atom stereocenters. The first-order valence-electron chi connectivity index (χ1n) is 8.13. The second kappa shape index (κ2) is 6.61. The average Bonchev–Trinajstić information content (AvgIpc) is 3.28. The highest BCUT2D eigenvalue weighted by Crippen LogP contribution is 2.50. The van der Waals surface area contributed by atoms with Crippen molar-refractivity contribution in [2.24, 2.45) is 5.73 Å². The van der Waals surface area contributed by atoms with Gasteiger partial charge in [-0.25, -0.2) is 8.78 Å². The number of anilines is 1. The number of amides is 1. The Kier molecular flexibility index (Phi) is 4.39. The van der Waals surface area contributed by atoms with Gasteiger partial charge < -0.3 is 10.6 Å². The SMILES string of the molecule is CN(c1nnc(-c2ccc(C(N)=O)s2)s1)C1(c2ncccc2F)CC(F)C1. The first kappa shape index (κ1) is 17.9. The molecule has 3 aromatic heterocycles. The molecule has 1 aliphatic carbocycles. The van der Waals surface area contributed by atoms with Crippen molar-refractivity contribution in [1.82, 2.24) is 15.2 Å². The van der Waals surface area contributed by atoms with Crippen LogP contribution in [0.1, 0.15) is 28.2 Å². The van der Waals surface area contributed by atoms with Gasteiger partial charge >= 0.3 is 0 Å². The van der Waals surface area contributed by atoms with E-state index in [9.17, 15) is 13.6 Å². The van der Waals surface area contributed by atoms with Crippen LogP contribution in [-0.2, 0) is 5.54 Å². The van der Waals surface area contributed by atoms with Crippen molar-refractivity contribution in [1.29, 1.82) is 0 Å². The van der Waals surface area contributed by atoms with E-state index in [1.54, 1.807) is 24.1 Å². The molecule has 0 bridgehead atoms. The van der Waals surface area contributed by atoms with E-state index in [1.165, 1.54) is 41.0 Å². The molecule has 2 N–H and O–H groups in total. The number of hydrogen-bond donors (Lipinski definition) is 1. The summed E-state index contributed by atoms with van der Waals surface area (Å²) < 4.78 is 28.2. The molecule has 0 atom stereocenters. The van der Waals surface area contributed by atoms with E-state index in [-0.39, 0.29) is 18.5 Å². The van der Waals surface area contributed by atoms with E-state index in [1.807, 2.05) is 0 Å². The van der Waals surface area contributed by atoms with Gasteiger partial charge in [0.1, 0.15) is 17.7 Å². The van der Waals surface area contributed by atoms with Gasteiger partial charge in [0.05, 0.1) is 15.3 Å². The van der Waals surface area contributed by atoms with Crippen molar-refractivity contribution in [2.45, 2.75) is 24.6 Å². The van der Waals surface area contributed by atoms with E-state index in [0.717, 1.165) is 4.88 Å². The summed E-state index contributed by atoms with van der Waals surface area (Å²) in [5, 5.41) is 9.49. The van der Waals surface area contributed by atoms with E-state index < -0.39 is 23.4 Å². The summed E-state index contributed by atoms with van der Waals surface area (Å²) in [6.07, 6.45) is 0.757. The van der Waals surface area contributed by atoms with E-state index in [4.69, 9.17) is 5.73 Å². The number of nitrogens with two attached hydrogens (primary N) is 1. The highest BCUT2D eigenvalue weighted by atomic mass is 32.1. The second-order valence-electron chi connectivity index (χ2n) is 6.35. The Hall–Kier alpha value is -2.46. The molecule has 1 fully saturated rings. The van der Waals surface area contributed by atoms with Gasteiger partial charge in [-0.05, 0) is 24.3 Å². The van der Waals surface area contributed by atoms with Gasteiger partial charge in [0.2, 0.25) is 5.13 Å². The zero-order valence-electron chi connectivity index (χ0n) is 14.2. The molecule has 27 heavy (non-hydrogen) atoms. The first-order chi connectivity index (χ1) is 12.9. The molecule has 6 nitrogen and oxygen atoms in total. The molecule has 0 saturated heterocycles. The molecular formula is C17H15F2N5OS2. The standard InChI is InChI=1S/C17H15F2N5OS2/c1-24(17(7-9(18)8-17)13-10(19)3-2-6-21-13)16-23-22-15(27-16)12-5-4-11(26-12)14(20)25/h2-6,9H,7-8H2,1H3,(H2,20,25). The minimum atomic E-state index is -1.02. The monoisotopic (exact) mass is 407 g/mol. The number of aromatic nitrogens is 3. The fourth-order valence-corrected chi connectivity index (χ4v) is 5.05. The Morgan fingerprint density at radius 1 is 1.30 bits per heavy atom. The van der Waals surface area contributed by atoms with Gasteiger partial charge in [0.15, 0.2) is 5.01 Å². The number of carbonyl (C=O) groups excluding carboxylic acids is 1. The van der Waals surface area contributed by atoms with Gasteiger partial charge in [0.25, 0.3) is 5.91 Å². The van der Waals surface area contributed by atoms with Crippen molar-refractivity contribution in [2.75, 3.05) is 11.9 Å². The second-order valence-corrected chi connectivity index (χ2v) is 8.39. The van der Waals surface area contributed by atoms with Crippen LogP contribution in [0.25, 0.3) is 9.88 Å². The Morgan fingerprint density at radius 3 is 2.70 bits per heavy atom. The van der Waals surface area contributed by atoms with Gasteiger partial charge in [-0.3, -0.25) is 9.78 Å². The Bertz CT molecular complexity index is 999. The number of nitrogens with zero attached hydrogens (tertiary/aromatic N) is 4. The lowest BCUT2D eigenvalue weighted by atomic mass is 9.71. The molecule has 10 heteroatoms. The first-order valence-corrected chi connectivity index (χ1v) is 9.76. The van der Waals surface area contributed by atoms with E-state index in [2.05, 4.69) is 15.2 Å². The lowest BCUT2D eigenvalue weighted by molar-refractivity contribution is 0.0870. The quantitative estimate of drug-likeness (QED) is 0.701. The Balaban J connectivity index is 1.67. The third-order valence-electron chi connectivity index (χ3n) is 4.72. The highest BCUT2D eigenvalue weighted by molar-refractivity contribution is 7.24. The normalized spacial score (nSPS) is 21.7. The van der Waals surface area contributed by atoms with Crippen LogP contribution in [-0.4, -0.2) is 34.3 Å². The fourth-order valence-electron chi connectivity index (χ4n) is 3.25. The summed E-state index contributed by atoms with van der Waals surface area (Å²) in [5.74, 6) is -0.966. The molecule has 140 valence electrons. The van der Waals surface area contributed by atoms with Crippen LogP contribution in [0, 0.1) is 5.82 Å². The summed E-state index contributed by atoms with van der Waals surface area (Å²) >= 11 is 2.51. The maximum Gasteiger partial charge on any atom is 0.258 e. The summed E-state index contributed by atoms with van der Waals surface area (Å²) in [7, 11) is 1.74. The maximum absolute atomic E-state index is 14.4. The third kappa shape index (κ3) is 2.98. The smallest absolute Gasteiger partial charge is 0.258 e. The summed E-state index contributed by atoms with van der Waals surface area (Å²) in [6.45, 7) is 0. The lowest BCUT2D eigenvalue weighted by Gasteiger charge is -2.49. The van der Waals surface area contributed by atoms with Gasteiger partial charge in [-0.15, -0.1) is 21.5 Å². The van der Waals surface area contributed by atoms with E-state index >= 15 is 0 Å². The van der Waals surface area contributed by atoms with Gasteiger partial charge in [0, 0.05) is 26.1 Å². The topological polar surface area (TPSA) is 85.0 Å². The summed E-state index contributed by atoms with van der Waals surface area (Å²) in [5.41, 5.74) is 4.61. The van der Waals surface area contributed by atoms with Crippen molar-refractivity contribution in [3.8, 4) is 9.88 Å². The maximum atomic E-state index is 14.4. The van der Waals surface area contributed by atoms with Crippen molar-refractivity contribution in [3.05, 3.63) is 46.9 Å². The van der Waals surface area contributed by atoms with Crippen LogP contribution in [0.15, 0.2) is 30.5 Å². The minimum absolute atomic E-state index is 0.136. The number of thiophene rings is 1. The van der Waals surface area contributed by atoms with Crippen LogP contribution >= 0.6 is 22.7 Å². The van der Waals surface area contributed by atoms with Gasteiger partial charge in [-0.1, -0.05) is 11.3 Å². The largest absolute Gasteiger partial charge is 0.365 e. The average molecular weight is 407 g/mol. The van der Waals surface area contributed by atoms with Crippen molar-refractivity contribution in [3.63, 3.8) is 0 Å². The van der Waals surface area contributed by atoms with Crippen LogP contribution in [0.2, 0.25) is 0 Å². The number of halogens is 2. The highest BCUT2D eigenvalue weighted by Gasteiger charge is 2.52. The van der Waals surface area contributed by atoms with Crippen molar-refractivity contribution >= 4 is 33.7 Å². The molecule has 4 rings (SSSR count). The molecule has 0 aromatic carbocycles. The predicted molar refractivity (Wildman–Crippen MR) is 100 cm³/mol.